The quantitative estimate of drug-likeness (QED) is 0.889. The molecule has 94 valence electrons. The Morgan fingerprint density at radius 2 is 1.94 bits per heavy atom. The molecule has 1 fully saturated rings. The molecule has 1 aliphatic rings. The summed E-state index contributed by atoms with van der Waals surface area (Å²) < 4.78 is 5.57. The van der Waals surface area contributed by atoms with Crippen LogP contribution in [0.5, 0.6) is 5.75 Å². The zero-order valence-electron chi connectivity index (χ0n) is 9.94. The van der Waals surface area contributed by atoms with Gasteiger partial charge in [0.05, 0.1) is 11.1 Å². The first-order valence-electron chi connectivity index (χ1n) is 6.33. The van der Waals surface area contributed by atoms with Gasteiger partial charge in [0.15, 0.2) is 0 Å². The zero-order valence-corrected chi connectivity index (χ0v) is 10.7. The molecule has 17 heavy (non-hydrogen) atoms. The van der Waals surface area contributed by atoms with E-state index in [0.29, 0.717) is 23.3 Å². The predicted octanol–water partition coefficient (Wildman–Crippen LogP) is 3.66. The molecular weight excluding hydrogens is 236 g/mol. The van der Waals surface area contributed by atoms with E-state index < -0.39 is 0 Å². The summed E-state index contributed by atoms with van der Waals surface area (Å²) in [6.07, 6.45) is 5.63. The monoisotopic (exact) mass is 254 g/mol. The first-order valence-corrected chi connectivity index (χ1v) is 6.70. The normalized spacial score (nSPS) is 18.9. The third-order valence-electron chi connectivity index (χ3n) is 3.44. The van der Waals surface area contributed by atoms with Crippen LogP contribution in [0.2, 0.25) is 5.02 Å². The summed E-state index contributed by atoms with van der Waals surface area (Å²) >= 11 is 5.99. The Kier molecular flexibility index (Phi) is 4.69. The fraction of sp³-hybridized carbons (Fsp3) is 0.571. The number of hydrogen-bond donors (Lipinski definition) is 1. The zero-order chi connectivity index (χ0) is 12.1. The summed E-state index contributed by atoms with van der Waals surface area (Å²) in [6, 6.07) is 7.38. The number of rotatable bonds is 4. The van der Waals surface area contributed by atoms with Crippen LogP contribution in [0.25, 0.3) is 0 Å². The molecule has 0 radical (unpaired) electrons. The van der Waals surface area contributed by atoms with E-state index in [1.54, 1.807) is 6.07 Å². The molecule has 1 aromatic rings. The Balaban J connectivity index is 1.83. The third kappa shape index (κ3) is 3.62. The number of aliphatic hydroxyl groups is 1. The molecule has 1 saturated carbocycles. The Labute approximate surface area is 108 Å². The maximum atomic E-state index is 10.1. The minimum atomic E-state index is -0.369. The van der Waals surface area contributed by atoms with Crippen LogP contribution < -0.4 is 4.74 Å². The van der Waals surface area contributed by atoms with E-state index in [1.807, 2.05) is 18.2 Å². The van der Waals surface area contributed by atoms with E-state index in [2.05, 4.69) is 0 Å². The summed E-state index contributed by atoms with van der Waals surface area (Å²) in [7, 11) is 0. The van der Waals surface area contributed by atoms with Gasteiger partial charge >= 0.3 is 0 Å². The Morgan fingerprint density at radius 1 is 1.24 bits per heavy atom. The molecule has 0 bridgehead atoms. The van der Waals surface area contributed by atoms with Crippen molar-refractivity contribution in [3.63, 3.8) is 0 Å². The van der Waals surface area contributed by atoms with Crippen molar-refractivity contribution in [1.29, 1.82) is 0 Å². The highest BCUT2D eigenvalue weighted by Gasteiger charge is 2.22. The molecule has 0 heterocycles. The fourth-order valence-electron chi connectivity index (χ4n) is 2.39. The van der Waals surface area contributed by atoms with Gasteiger partial charge in [-0.2, -0.15) is 0 Å². The second-order valence-corrected chi connectivity index (χ2v) is 5.11. The highest BCUT2D eigenvalue weighted by molar-refractivity contribution is 6.32. The lowest BCUT2D eigenvalue weighted by atomic mass is 9.85. The largest absolute Gasteiger partial charge is 0.489 e. The highest BCUT2D eigenvalue weighted by atomic mass is 35.5. The van der Waals surface area contributed by atoms with Crippen LogP contribution in [0, 0.1) is 5.92 Å². The average molecular weight is 255 g/mol. The van der Waals surface area contributed by atoms with Gasteiger partial charge in [0.1, 0.15) is 12.4 Å². The molecule has 0 saturated heterocycles. The van der Waals surface area contributed by atoms with Crippen molar-refractivity contribution in [2.75, 3.05) is 6.61 Å². The Hall–Kier alpha value is -0.730. The van der Waals surface area contributed by atoms with E-state index in [-0.39, 0.29) is 6.10 Å². The number of aliphatic hydroxyl groups excluding tert-OH is 1. The predicted molar refractivity (Wildman–Crippen MR) is 69.5 cm³/mol. The minimum absolute atomic E-state index is 0.342. The van der Waals surface area contributed by atoms with Gasteiger partial charge in [-0.25, -0.2) is 0 Å². The van der Waals surface area contributed by atoms with Gasteiger partial charge in [-0.05, 0) is 30.9 Å². The lowest BCUT2D eigenvalue weighted by Gasteiger charge is -2.26. The standard InChI is InChI=1S/C14H19ClO2/c15-12-8-4-5-9-14(12)17-10-13(16)11-6-2-1-3-7-11/h4-5,8-9,11,13,16H,1-3,6-7,10H2. The first kappa shape index (κ1) is 12.7. The van der Waals surface area contributed by atoms with Gasteiger partial charge in [-0.1, -0.05) is 43.0 Å². The van der Waals surface area contributed by atoms with Crippen molar-refractivity contribution in [1.82, 2.24) is 0 Å². The molecule has 2 nitrogen and oxygen atoms in total. The number of hydrogen-bond acceptors (Lipinski definition) is 2. The molecule has 0 aliphatic heterocycles. The fourth-order valence-corrected chi connectivity index (χ4v) is 2.58. The maximum Gasteiger partial charge on any atom is 0.138 e. The molecule has 3 heteroatoms. The van der Waals surface area contributed by atoms with Gasteiger partial charge in [0.25, 0.3) is 0 Å². The SMILES string of the molecule is OC(COc1ccccc1Cl)C1CCCCC1. The van der Waals surface area contributed by atoms with Crippen LogP contribution in [0.15, 0.2) is 24.3 Å². The highest BCUT2D eigenvalue weighted by Crippen LogP contribution is 2.28. The van der Waals surface area contributed by atoms with E-state index in [1.165, 1.54) is 19.3 Å². The minimum Gasteiger partial charge on any atom is -0.489 e. The number of benzene rings is 1. The molecule has 1 N–H and O–H groups in total. The van der Waals surface area contributed by atoms with Crippen molar-refractivity contribution < 1.29 is 9.84 Å². The summed E-state index contributed by atoms with van der Waals surface area (Å²) in [6.45, 7) is 0.342. The summed E-state index contributed by atoms with van der Waals surface area (Å²) in [4.78, 5) is 0. The van der Waals surface area contributed by atoms with Gasteiger partial charge in [-0.15, -0.1) is 0 Å². The number of halogens is 1. The lowest BCUT2D eigenvalue weighted by Crippen LogP contribution is -2.28. The molecule has 0 aromatic heterocycles. The van der Waals surface area contributed by atoms with Gasteiger partial charge in [0.2, 0.25) is 0 Å². The van der Waals surface area contributed by atoms with E-state index >= 15 is 0 Å². The molecule has 1 aliphatic carbocycles. The van der Waals surface area contributed by atoms with Crippen LogP contribution in [0.3, 0.4) is 0 Å². The number of para-hydroxylation sites is 1. The molecule has 1 unspecified atom stereocenters. The topological polar surface area (TPSA) is 29.5 Å². The summed E-state index contributed by atoms with van der Waals surface area (Å²) in [5.74, 6) is 1.05. The van der Waals surface area contributed by atoms with Crippen LogP contribution in [-0.2, 0) is 0 Å². The van der Waals surface area contributed by atoms with Gasteiger partial charge < -0.3 is 9.84 Å². The molecule has 0 amide bonds. The second kappa shape index (κ2) is 6.27. The molecule has 1 atom stereocenters. The van der Waals surface area contributed by atoms with Crippen LogP contribution in [-0.4, -0.2) is 17.8 Å². The second-order valence-electron chi connectivity index (χ2n) is 4.71. The molecule has 2 rings (SSSR count). The summed E-state index contributed by atoms with van der Waals surface area (Å²) in [5.41, 5.74) is 0. The van der Waals surface area contributed by atoms with Crippen molar-refractivity contribution in [3.05, 3.63) is 29.3 Å². The van der Waals surface area contributed by atoms with Crippen LogP contribution >= 0.6 is 11.6 Å². The van der Waals surface area contributed by atoms with Crippen LogP contribution in [0.1, 0.15) is 32.1 Å². The van der Waals surface area contributed by atoms with Gasteiger partial charge in [0, 0.05) is 0 Å². The van der Waals surface area contributed by atoms with E-state index in [0.717, 1.165) is 12.8 Å². The van der Waals surface area contributed by atoms with Crippen LogP contribution in [0.4, 0.5) is 0 Å². The molecule has 0 spiro atoms. The van der Waals surface area contributed by atoms with E-state index in [4.69, 9.17) is 16.3 Å². The smallest absolute Gasteiger partial charge is 0.138 e. The third-order valence-corrected chi connectivity index (χ3v) is 3.75. The Bertz CT molecular complexity index is 348. The summed E-state index contributed by atoms with van der Waals surface area (Å²) in [5, 5.41) is 10.7. The van der Waals surface area contributed by atoms with E-state index in [9.17, 15) is 5.11 Å². The first-order chi connectivity index (χ1) is 8.27. The Morgan fingerprint density at radius 3 is 2.65 bits per heavy atom. The van der Waals surface area contributed by atoms with Crippen molar-refractivity contribution in [3.8, 4) is 5.75 Å². The maximum absolute atomic E-state index is 10.1. The lowest BCUT2D eigenvalue weighted by molar-refractivity contribution is 0.0414. The molecule has 1 aromatic carbocycles. The van der Waals surface area contributed by atoms with Crippen molar-refractivity contribution in [2.24, 2.45) is 5.92 Å². The molecular formula is C14H19ClO2. The van der Waals surface area contributed by atoms with Crippen molar-refractivity contribution in [2.45, 2.75) is 38.2 Å². The average Bonchev–Trinajstić information content (AvgIpc) is 2.38. The van der Waals surface area contributed by atoms with Gasteiger partial charge in [-0.3, -0.25) is 0 Å². The number of ether oxygens (including phenoxy) is 1. The van der Waals surface area contributed by atoms with Crippen molar-refractivity contribution >= 4 is 11.6 Å².